The van der Waals surface area contributed by atoms with Crippen molar-refractivity contribution in [3.63, 3.8) is 0 Å². The maximum Gasteiger partial charge on any atom is 0.407 e. The number of H-pyrrole nitrogens is 1. The number of hydrogen-bond donors (Lipinski definition) is 2. The number of carbonyl (C=O) groups excluding carboxylic acids is 2. The first-order valence-electron chi connectivity index (χ1n) is 11.8. The van der Waals surface area contributed by atoms with Gasteiger partial charge in [0, 0.05) is 12.1 Å². The molecule has 7 nitrogen and oxygen atoms in total. The van der Waals surface area contributed by atoms with Gasteiger partial charge in [-0.15, -0.1) is 0 Å². The van der Waals surface area contributed by atoms with Crippen molar-refractivity contribution >= 4 is 17.6 Å². The number of allylic oxidation sites excluding steroid dienone is 1. The number of alkyl carbamates (subject to hydrolysis) is 1. The van der Waals surface area contributed by atoms with Crippen LogP contribution in [-0.4, -0.2) is 46.6 Å². The molecule has 1 fully saturated rings. The van der Waals surface area contributed by atoms with E-state index in [2.05, 4.69) is 47.0 Å². The van der Waals surface area contributed by atoms with Crippen molar-refractivity contribution in [3.05, 3.63) is 47.9 Å². The number of likely N-dealkylation sites (tertiary alicyclic amines) is 1. The number of aromatic amines is 1. The molecule has 0 saturated carbocycles. The van der Waals surface area contributed by atoms with Crippen molar-refractivity contribution in [1.29, 1.82) is 0 Å². The summed E-state index contributed by atoms with van der Waals surface area (Å²) in [6.45, 7) is 12.8. The van der Waals surface area contributed by atoms with Crippen molar-refractivity contribution in [1.82, 2.24) is 20.2 Å². The number of methoxy groups -OCH3 is 1. The third kappa shape index (κ3) is 5.46. The van der Waals surface area contributed by atoms with Crippen LogP contribution in [0.25, 0.3) is 16.8 Å². The molecule has 33 heavy (non-hydrogen) atoms. The summed E-state index contributed by atoms with van der Waals surface area (Å²) in [5.74, 6) is 0.592. The number of rotatable bonds is 8. The van der Waals surface area contributed by atoms with Crippen molar-refractivity contribution in [3.8, 4) is 11.3 Å². The lowest BCUT2D eigenvalue weighted by molar-refractivity contribution is -0.135. The molecular weight excluding hydrogens is 416 g/mol. The van der Waals surface area contributed by atoms with E-state index < -0.39 is 12.1 Å². The Balaban J connectivity index is 1.87. The number of aryl methyl sites for hydroxylation is 1. The van der Waals surface area contributed by atoms with Gasteiger partial charge in [0.15, 0.2) is 0 Å². The van der Waals surface area contributed by atoms with E-state index in [1.165, 1.54) is 12.7 Å². The summed E-state index contributed by atoms with van der Waals surface area (Å²) in [5, 5.41) is 2.69. The normalized spacial score (nSPS) is 16.7. The summed E-state index contributed by atoms with van der Waals surface area (Å²) in [6, 6.07) is 5.69. The van der Waals surface area contributed by atoms with Gasteiger partial charge in [-0.1, -0.05) is 57.5 Å². The fourth-order valence-electron chi connectivity index (χ4n) is 4.46. The minimum atomic E-state index is -0.645. The number of hydrogen-bond acceptors (Lipinski definition) is 4. The third-order valence-electron chi connectivity index (χ3n) is 6.21. The fourth-order valence-corrected chi connectivity index (χ4v) is 4.46. The molecule has 0 bridgehead atoms. The highest BCUT2D eigenvalue weighted by Crippen LogP contribution is 2.34. The Labute approximate surface area is 196 Å². The molecule has 1 aliphatic rings. The Morgan fingerprint density at radius 3 is 2.76 bits per heavy atom. The van der Waals surface area contributed by atoms with Crippen LogP contribution < -0.4 is 5.32 Å². The van der Waals surface area contributed by atoms with Crippen molar-refractivity contribution in [2.24, 2.45) is 5.92 Å². The van der Waals surface area contributed by atoms with Crippen LogP contribution in [0.5, 0.6) is 0 Å². The monoisotopic (exact) mass is 452 g/mol. The number of benzene rings is 1. The molecule has 0 radical (unpaired) electrons. The quantitative estimate of drug-likeness (QED) is 0.583. The predicted octanol–water partition coefficient (Wildman–Crippen LogP) is 5.11. The topological polar surface area (TPSA) is 87.3 Å². The average Bonchev–Trinajstić information content (AvgIpc) is 3.46. The summed E-state index contributed by atoms with van der Waals surface area (Å²) in [4.78, 5) is 35.1. The second-order valence-corrected chi connectivity index (χ2v) is 9.14. The summed E-state index contributed by atoms with van der Waals surface area (Å²) < 4.78 is 4.72. The number of imidazole rings is 1. The molecule has 0 aliphatic carbocycles. The summed E-state index contributed by atoms with van der Waals surface area (Å²) in [5.41, 5.74) is 5.38. The minimum absolute atomic E-state index is 0.0650. The first kappa shape index (κ1) is 24.6. The van der Waals surface area contributed by atoms with Gasteiger partial charge < -0.3 is 19.9 Å². The zero-order valence-corrected chi connectivity index (χ0v) is 20.4. The maximum absolute atomic E-state index is 13.3. The van der Waals surface area contributed by atoms with Gasteiger partial charge in [-0.25, -0.2) is 9.78 Å². The summed E-state index contributed by atoms with van der Waals surface area (Å²) in [6.07, 6.45) is 5.07. The lowest BCUT2D eigenvalue weighted by atomic mass is 9.96. The van der Waals surface area contributed by atoms with Gasteiger partial charge in [0.05, 0.1) is 25.0 Å². The molecule has 2 unspecified atom stereocenters. The SMILES string of the molecule is C=C(C)c1cc(CCC)ccc1-c1cnc(C2CCCN2C(=O)C(NC(=O)OC)C(C)C)[nH]1. The second kappa shape index (κ2) is 10.7. The highest BCUT2D eigenvalue weighted by Gasteiger charge is 2.37. The van der Waals surface area contributed by atoms with E-state index >= 15 is 0 Å². The minimum Gasteiger partial charge on any atom is -0.453 e. The summed E-state index contributed by atoms with van der Waals surface area (Å²) >= 11 is 0. The number of nitrogens with zero attached hydrogens (tertiary/aromatic N) is 2. The standard InChI is InChI=1S/C26H36N4O3/c1-7-9-18-11-12-19(20(14-18)16(2)3)21-15-27-24(28-21)22-10-8-13-30(22)25(31)23(17(4)5)29-26(32)33-6/h11-12,14-15,17,22-23H,2,7-10,13H2,1,3-6H3,(H,27,28)(H,29,32). The Morgan fingerprint density at radius 1 is 1.36 bits per heavy atom. The molecule has 2 heterocycles. The zero-order valence-electron chi connectivity index (χ0n) is 20.4. The van der Waals surface area contributed by atoms with Gasteiger partial charge in [0.1, 0.15) is 11.9 Å². The Kier molecular flexibility index (Phi) is 7.95. The Morgan fingerprint density at radius 2 is 2.12 bits per heavy atom. The van der Waals surface area contributed by atoms with Gasteiger partial charge in [-0.05, 0) is 43.2 Å². The van der Waals surface area contributed by atoms with Crippen LogP contribution in [0.2, 0.25) is 0 Å². The zero-order chi connectivity index (χ0) is 24.1. The first-order chi connectivity index (χ1) is 15.8. The van der Waals surface area contributed by atoms with E-state index in [4.69, 9.17) is 4.74 Å². The summed E-state index contributed by atoms with van der Waals surface area (Å²) in [7, 11) is 1.30. The highest BCUT2D eigenvalue weighted by atomic mass is 16.5. The molecule has 2 N–H and O–H groups in total. The first-order valence-corrected chi connectivity index (χ1v) is 11.8. The van der Waals surface area contributed by atoms with Crippen LogP contribution in [0, 0.1) is 5.92 Å². The van der Waals surface area contributed by atoms with Gasteiger partial charge in [0.25, 0.3) is 0 Å². The number of ether oxygens (including phenoxy) is 1. The van der Waals surface area contributed by atoms with Crippen molar-refractivity contribution in [2.45, 2.75) is 65.5 Å². The van der Waals surface area contributed by atoms with E-state index in [-0.39, 0.29) is 17.9 Å². The Hall–Kier alpha value is -3.09. The molecule has 2 amide bonds. The van der Waals surface area contributed by atoms with Gasteiger partial charge in [-0.2, -0.15) is 0 Å². The van der Waals surface area contributed by atoms with E-state index in [0.717, 1.165) is 53.9 Å². The Bertz CT molecular complexity index is 1010. The molecule has 178 valence electrons. The molecule has 7 heteroatoms. The number of carbonyl (C=O) groups is 2. The van der Waals surface area contributed by atoms with E-state index in [0.29, 0.717) is 6.54 Å². The second-order valence-electron chi connectivity index (χ2n) is 9.14. The van der Waals surface area contributed by atoms with Crippen molar-refractivity contribution < 1.29 is 14.3 Å². The molecule has 1 saturated heterocycles. The van der Waals surface area contributed by atoms with Crippen LogP contribution in [0.3, 0.4) is 0 Å². The highest BCUT2D eigenvalue weighted by molar-refractivity contribution is 5.86. The van der Waals surface area contributed by atoms with E-state index in [1.807, 2.05) is 31.9 Å². The molecule has 2 aromatic rings. The average molecular weight is 453 g/mol. The molecule has 1 aromatic heterocycles. The maximum atomic E-state index is 13.3. The number of nitrogens with one attached hydrogen (secondary N) is 2. The largest absolute Gasteiger partial charge is 0.453 e. The predicted molar refractivity (Wildman–Crippen MR) is 131 cm³/mol. The van der Waals surface area contributed by atoms with E-state index in [1.54, 1.807) is 0 Å². The van der Waals surface area contributed by atoms with Gasteiger partial charge in [0.2, 0.25) is 5.91 Å². The van der Waals surface area contributed by atoms with Crippen LogP contribution >= 0.6 is 0 Å². The lowest BCUT2D eigenvalue weighted by Crippen LogP contribution is -2.51. The van der Waals surface area contributed by atoms with E-state index in [9.17, 15) is 9.59 Å². The molecule has 0 spiro atoms. The van der Waals surface area contributed by atoms with Gasteiger partial charge in [-0.3, -0.25) is 4.79 Å². The fraction of sp³-hybridized carbons (Fsp3) is 0.500. The number of aromatic nitrogens is 2. The molecule has 2 atom stereocenters. The lowest BCUT2D eigenvalue weighted by Gasteiger charge is -2.30. The van der Waals surface area contributed by atoms with Crippen LogP contribution in [-0.2, 0) is 16.0 Å². The van der Waals surface area contributed by atoms with Crippen LogP contribution in [0.1, 0.15) is 70.0 Å². The van der Waals surface area contributed by atoms with Crippen LogP contribution in [0.15, 0.2) is 31.0 Å². The van der Waals surface area contributed by atoms with Crippen molar-refractivity contribution in [2.75, 3.05) is 13.7 Å². The molecule has 1 aliphatic heterocycles. The van der Waals surface area contributed by atoms with Gasteiger partial charge >= 0.3 is 6.09 Å². The third-order valence-corrected chi connectivity index (χ3v) is 6.21. The molecular formula is C26H36N4O3. The smallest absolute Gasteiger partial charge is 0.407 e. The molecule has 3 rings (SSSR count). The van der Waals surface area contributed by atoms with Crippen LogP contribution in [0.4, 0.5) is 4.79 Å². The molecule has 1 aromatic carbocycles. The number of amides is 2.